The van der Waals surface area contributed by atoms with E-state index >= 15 is 0 Å². The number of rotatable bonds is 9. The molecular weight excluding hydrogens is 458 g/mol. The SMILES string of the molecule is C=C(C)C(=O)Cc1cccc(-c2ncnc3c2c(Br)cn3COCC[Si](C)(C)C)c1. The average molecular weight is 486 g/mol. The Bertz CT molecular complexity index is 1090. The lowest BCUT2D eigenvalue weighted by atomic mass is 10.0. The number of carbonyl (C=O) groups is 1. The third kappa shape index (κ3) is 5.53. The highest BCUT2D eigenvalue weighted by atomic mass is 79.9. The normalized spacial score (nSPS) is 11.8. The number of aromatic nitrogens is 3. The van der Waals surface area contributed by atoms with Gasteiger partial charge in [-0.3, -0.25) is 4.79 Å². The van der Waals surface area contributed by atoms with Crippen LogP contribution in [0.4, 0.5) is 0 Å². The number of halogens is 1. The number of benzene rings is 1. The number of fused-ring (bicyclic) bond motifs is 1. The Morgan fingerprint density at radius 3 is 2.73 bits per heavy atom. The van der Waals surface area contributed by atoms with Gasteiger partial charge in [0.1, 0.15) is 18.7 Å². The van der Waals surface area contributed by atoms with Gasteiger partial charge in [-0.05, 0) is 46.1 Å². The van der Waals surface area contributed by atoms with Crippen LogP contribution in [-0.4, -0.2) is 35.0 Å². The molecule has 7 heteroatoms. The van der Waals surface area contributed by atoms with Gasteiger partial charge in [0, 0.05) is 37.3 Å². The molecule has 0 radical (unpaired) electrons. The van der Waals surface area contributed by atoms with Gasteiger partial charge >= 0.3 is 0 Å². The predicted octanol–water partition coefficient (Wildman–Crippen LogP) is 5.86. The third-order valence-corrected chi connectivity index (χ3v) is 7.18. The molecule has 0 N–H and O–H groups in total. The Morgan fingerprint density at radius 1 is 1.27 bits per heavy atom. The van der Waals surface area contributed by atoms with E-state index in [0.29, 0.717) is 18.7 Å². The molecule has 0 saturated heterocycles. The Balaban J connectivity index is 1.88. The van der Waals surface area contributed by atoms with Crippen molar-refractivity contribution in [1.82, 2.24) is 14.5 Å². The maximum Gasteiger partial charge on any atom is 0.162 e. The lowest BCUT2D eigenvalue weighted by Gasteiger charge is -2.15. The van der Waals surface area contributed by atoms with E-state index in [1.54, 1.807) is 13.3 Å². The minimum Gasteiger partial charge on any atom is -0.361 e. The summed E-state index contributed by atoms with van der Waals surface area (Å²) in [6, 6.07) is 9.05. The third-order valence-electron chi connectivity index (χ3n) is 4.88. The molecule has 5 nitrogen and oxygen atoms in total. The number of ketones is 1. The van der Waals surface area contributed by atoms with E-state index in [1.165, 1.54) is 0 Å². The number of Topliss-reactive ketones (excluding diaryl/α,β-unsaturated/α-hetero) is 1. The summed E-state index contributed by atoms with van der Waals surface area (Å²) >= 11 is 3.67. The summed E-state index contributed by atoms with van der Waals surface area (Å²) in [5.41, 5.74) is 4.12. The summed E-state index contributed by atoms with van der Waals surface area (Å²) in [5.74, 6) is 0.0442. The summed E-state index contributed by atoms with van der Waals surface area (Å²) in [6.07, 6.45) is 3.91. The van der Waals surface area contributed by atoms with Crippen molar-refractivity contribution < 1.29 is 9.53 Å². The number of carbonyl (C=O) groups excluding carboxylic acids is 1. The molecule has 2 heterocycles. The van der Waals surface area contributed by atoms with Gasteiger partial charge in [0.15, 0.2) is 5.78 Å². The fourth-order valence-electron chi connectivity index (χ4n) is 3.10. The van der Waals surface area contributed by atoms with Gasteiger partial charge in [0.05, 0.1) is 11.1 Å². The second-order valence-corrected chi connectivity index (χ2v) is 15.3. The van der Waals surface area contributed by atoms with Crippen LogP contribution >= 0.6 is 15.9 Å². The van der Waals surface area contributed by atoms with E-state index in [9.17, 15) is 4.79 Å². The summed E-state index contributed by atoms with van der Waals surface area (Å²) in [4.78, 5) is 21.1. The van der Waals surface area contributed by atoms with E-state index in [1.807, 2.05) is 35.0 Å². The zero-order chi connectivity index (χ0) is 21.9. The van der Waals surface area contributed by atoms with E-state index in [4.69, 9.17) is 4.74 Å². The first-order valence-corrected chi connectivity index (χ1v) is 14.5. The van der Waals surface area contributed by atoms with Crippen LogP contribution in [0, 0.1) is 0 Å². The van der Waals surface area contributed by atoms with Crippen LogP contribution in [-0.2, 0) is 22.7 Å². The first-order chi connectivity index (χ1) is 14.2. The highest BCUT2D eigenvalue weighted by Gasteiger charge is 2.16. The van der Waals surface area contributed by atoms with Crippen LogP contribution in [0.1, 0.15) is 12.5 Å². The lowest BCUT2D eigenvalue weighted by Crippen LogP contribution is -2.22. The van der Waals surface area contributed by atoms with Crippen LogP contribution in [0.3, 0.4) is 0 Å². The molecule has 0 aliphatic rings. The summed E-state index contributed by atoms with van der Waals surface area (Å²) in [7, 11) is -1.12. The Kier molecular flexibility index (Phi) is 7.05. The fraction of sp³-hybridized carbons (Fsp3) is 0.348. The van der Waals surface area contributed by atoms with Crippen molar-refractivity contribution in [2.24, 2.45) is 0 Å². The molecular formula is C23H28BrN3O2Si. The Hall–Kier alpha value is -2.09. The second kappa shape index (κ2) is 9.37. The molecule has 30 heavy (non-hydrogen) atoms. The highest BCUT2D eigenvalue weighted by Crippen LogP contribution is 2.33. The number of hydrogen-bond donors (Lipinski definition) is 0. The van der Waals surface area contributed by atoms with Crippen molar-refractivity contribution in [3.05, 3.63) is 59.0 Å². The smallest absolute Gasteiger partial charge is 0.162 e. The van der Waals surface area contributed by atoms with Gasteiger partial charge in [0.25, 0.3) is 0 Å². The molecule has 0 aliphatic heterocycles. The predicted molar refractivity (Wildman–Crippen MR) is 128 cm³/mol. The Morgan fingerprint density at radius 2 is 2.03 bits per heavy atom. The monoisotopic (exact) mass is 485 g/mol. The largest absolute Gasteiger partial charge is 0.361 e. The molecule has 0 spiro atoms. The minimum atomic E-state index is -1.12. The molecule has 0 aliphatic carbocycles. The molecule has 3 aromatic rings. The molecule has 0 unspecified atom stereocenters. The van der Waals surface area contributed by atoms with Crippen LogP contribution in [0.15, 0.2) is 53.4 Å². The topological polar surface area (TPSA) is 57.0 Å². The van der Waals surface area contributed by atoms with E-state index < -0.39 is 8.07 Å². The number of nitrogens with zero attached hydrogens (tertiary/aromatic N) is 3. The van der Waals surface area contributed by atoms with E-state index in [0.717, 1.165) is 45.0 Å². The standard InChI is InChI=1S/C23H28BrN3O2Si/c1-16(2)20(28)12-17-7-6-8-18(11-17)22-21-19(24)13-27(23(21)26-14-25-22)15-29-9-10-30(3,4)5/h6-8,11,13-14H,1,9-10,12,15H2,2-5H3. The molecule has 0 fully saturated rings. The molecule has 0 saturated carbocycles. The zero-order valence-electron chi connectivity index (χ0n) is 18.0. The first-order valence-electron chi connectivity index (χ1n) is 10.0. The van der Waals surface area contributed by atoms with Crippen molar-refractivity contribution >= 4 is 40.8 Å². The summed E-state index contributed by atoms with van der Waals surface area (Å²) in [5, 5.41) is 0.940. The van der Waals surface area contributed by atoms with Gasteiger partial charge < -0.3 is 9.30 Å². The number of allylic oxidation sites excluding steroid dienone is 1. The molecule has 1 aromatic carbocycles. The fourth-order valence-corrected chi connectivity index (χ4v) is 4.47. The van der Waals surface area contributed by atoms with Crippen LogP contribution in [0.25, 0.3) is 22.3 Å². The summed E-state index contributed by atoms with van der Waals surface area (Å²) < 4.78 is 8.84. The summed E-state index contributed by atoms with van der Waals surface area (Å²) in [6.45, 7) is 13.7. The van der Waals surface area contributed by atoms with Crippen LogP contribution in [0.2, 0.25) is 25.7 Å². The van der Waals surface area contributed by atoms with Crippen LogP contribution < -0.4 is 0 Å². The maximum absolute atomic E-state index is 12.1. The average Bonchev–Trinajstić information content (AvgIpc) is 3.00. The zero-order valence-corrected chi connectivity index (χ0v) is 20.6. The van der Waals surface area contributed by atoms with Crippen molar-refractivity contribution in [3.63, 3.8) is 0 Å². The van der Waals surface area contributed by atoms with Crippen molar-refractivity contribution in [1.29, 1.82) is 0 Å². The van der Waals surface area contributed by atoms with Gasteiger partial charge in [-0.15, -0.1) is 0 Å². The van der Waals surface area contributed by atoms with Gasteiger partial charge in [-0.2, -0.15) is 0 Å². The van der Waals surface area contributed by atoms with Gasteiger partial charge in [-0.25, -0.2) is 9.97 Å². The van der Waals surface area contributed by atoms with E-state index in [2.05, 4.69) is 52.1 Å². The minimum absolute atomic E-state index is 0.0442. The Labute approximate surface area is 187 Å². The van der Waals surface area contributed by atoms with Gasteiger partial charge in [-0.1, -0.05) is 44.4 Å². The highest BCUT2D eigenvalue weighted by molar-refractivity contribution is 9.10. The first kappa shape index (κ1) is 22.6. The maximum atomic E-state index is 12.1. The molecule has 158 valence electrons. The number of hydrogen-bond acceptors (Lipinski definition) is 4. The lowest BCUT2D eigenvalue weighted by molar-refractivity contribution is -0.114. The van der Waals surface area contributed by atoms with E-state index in [-0.39, 0.29) is 5.78 Å². The van der Waals surface area contributed by atoms with Crippen molar-refractivity contribution in [2.75, 3.05) is 6.61 Å². The second-order valence-electron chi connectivity index (χ2n) is 8.80. The molecule has 2 aromatic heterocycles. The molecule has 3 rings (SSSR count). The molecule has 0 atom stereocenters. The van der Waals surface area contributed by atoms with Gasteiger partial charge in [0.2, 0.25) is 0 Å². The van der Waals surface area contributed by atoms with Crippen molar-refractivity contribution in [2.45, 2.75) is 45.8 Å². The van der Waals surface area contributed by atoms with Crippen molar-refractivity contribution in [3.8, 4) is 11.3 Å². The molecule has 0 bridgehead atoms. The quantitative estimate of drug-likeness (QED) is 0.216. The molecule has 0 amide bonds. The number of ether oxygens (including phenoxy) is 1. The van der Waals surface area contributed by atoms with Crippen LogP contribution in [0.5, 0.6) is 0 Å².